The fraction of sp³-hybridized carbons (Fsp3) is 0.565. The SMILES string of the molecule is Cc1cnc(Cn2ccc(C)c(C(=O)N3CCCOC(CN4CCCC4)C3)c2=O)cn1. The van der Waals surface area contributed by atoms with Crippen LogP contribution in [0.1, 0.15) is 46.6 Å². The number of rotatable bonds is 5. The minimum Gasteiger partial charge on any atom is -0.375 e. The summed E-state index contributed by atoms with van der Waals surface area (Å²) in [5.41, 5.74) is 2.16. The van der Waals surface area contributed by atoms with E-state index in [9.17, 15) is 9.59 Å². The molecule has 4 rings (SSSR count). The van der Waals surface area contributed by atoms with Gasteiger partial charge in [-0.2, -0.15) is 0 Å². The lowest BCUT2D eigenvalue weighted by atomic mass is 10.1. The number of pyridine rings is 1. The second kappa shape index (κ2) is 9.70. The highest BCUT2D eigenvalue weighted by Gasteiger charge is 2.28. The van der Waals surface area contributed by atoms with Crippen LogP contribution in [0.5, 0.6) is 0 Å². The molecule has 8 nitrogen and oxygen atoms in total. The van der Waals surface area contributed by atoms with Crippen LogP contribution in [0, 0.1) is 13.8 Å². The van der Waals surface area contributed by atoms with E-state index >= 15 is 0 Å². The summed E-state index contributed by atoms with van der Waals surface area (Å²) in [6.07, 6.45) is 8.28. The van der Waals surface area contributed by atoms with Gasteiger partial charge in [-0.3, -0.25) is 19.6 Å². The molecule has 0 aromatic carbocycles. The molecule has 0 bridgehead atoms. The van der Waals surface area contributed by atoms with Crippen LogP contribution < -0.4 is 5.56 Å². The molecule has 4 heterocycles. The van der Waals surface area contributed by atoms with Crippen LogP contribution in [0.2, 0.25) is 0 Å². The fourth-order valence-corrected chi connectivity index (χ4v) is 4.33. The molecule has 0 saturated carbocycles. The summed E-state index contributed by atoms with van der Waals surface area (Å²) in [4.78, 5) is 39.4. The van der Waals surface area contributed by atoms with E-state index in [0.29, 0.717) is 31.0 Å². The number of carbonyl (C=O) groups excluding carboxylic acids is 1. The normalized spacial score (nSPS) is 20.1. The maximum atomic E-state index is 13.4. The zero-order valence-corrected chi connectivity index (χ0v) is 18.4. The van der Waals surface area contributed by atoms with Crippen molar-refractivity contribution < 1.29 is 9.53 Å². The van der Waals surface area contributed by atoms with Crippen molar-refractivity contribution in [3.05, 3.63) is 57.5 Å². The van der Waals surface area contributed by atoms with Gasteiger partial charge in [-0.05, 0) is 57.8 Å². The first-order valence-electron chi connectivity index (χ1n) is 11.1. The molecule has 2 aromatic heterocycles. The molecule has 8 heteroatoms. The molecule has 31 heavy (non-hydrogen) atoms. The lowest BCUT2D eigenvalue weighted by Crippen LogP contribution is -2.44. The summed E-state index contributed by atoms with van der Waals surface area (Å²) in [7, 11) is 0. The highest BCUT2D eigenvalue weighted by molar-refractivity contribution is 5.95. The Bertz CT molecular complexity index is 966. The quantitative estimate of drug-likeness (QED) is 0.724. The first-order chi connectivity index (χ1) is 15.0. The van der Waals surface area contributed by atoms with E-state index in [4.69, 9.17) is 4.74 Å². The zero-order chi connectivity index (χ0) is 21.8. The Kier molecular flexibility index (Phi) is 6.77. The predicted molar refractivity (Wildman–Crippen MR) is 117 cm³/mol. The lowest BCUT2D eigenvalue weighted by Gasteiger charge is -2.27. The smallest absolute Gasteiger partial charge is 0.264 e. The van der Waals surface area contributed by atoms with Crippen LogP contribution in [0.3, 0.4) is 0 Å². The van der Waals surface area contributed by atoms with Gasteiger partial charge in [0.2, 0.25) is 0 Å². The standard InChI is InChI=1S/C23H31N5O3/c1-17-6-10-28(14-19-13-24-18(2)12-25-19)23(30)21(17)22(29)27-9-5-11-31-20(16-27)15-26-7-3-4-8-26/h6,10,12-13,20H,3-5,7-9,11,14-16H2,1-2H3. The van der Waals surface area contributed by atoms with E-state index in [1.54, 1.807) is 23.5 Å². The number of hydrogen-bond donors (Lipinski definition) is 0. The van der Waals surface area contributed by atoms with E-state index in [0.717, 1.165) is 31.7 Å². The third-order valence-corrected chi connectivity index (χ3v) is 6.05. The Morgan fingerprint density at radius 2 is 1.94 bits per heavy atom. The van der Waals surface area contributed by atoms with Gasteiger partial charge in [0.15, 0.2) is 0 Å². The second-order valence-corrected chi connectivity index (χ2v) is 8.56. The molecule has 2 aliphatic rings. The van der Waals surface area contributed by atoms with Crippen molar-refractivity contribution in [2.24, 2.45) is 0 Å². The van der Waals surface area contributed by atoms with Crippen molar-refractivity contribution >= 4 is 5.91 Å². The van der Waals surface area contributed by atoms with Gasteiger partial charge >= 0.3 is 0 Å². The van der Waals surface area contributed by atoms with Crippen LogP contribution in [-0.2, 0) is 11.3 Å². The van der Waals surface area contributed by atoms with Gasteiger partial charge in [-0.15, -0.1) is 0 Å². The third-order valence-electron chi connectivity index (χ3n) is 6.05. The van der Waals surface area contributed by atoms with Crippen molar-refractivity contribution in [3.63, 3.8) is 0 Å². The molecule has 2 aliphatic heterocycles. The number of likely N-dealkylation sites (tertiary alicyclic amines) is 1. The Morgan fingerprint density at radius 1 is 1.13 bits per heavy atom. The van der Waals surface area contributed by atoms with Crippen LogP contribution in [0.4, 0.5) is 0 Å². The predicted octanol–water partition coefficient (Wildman–Crippen LogP) is 1.63. The van der Waals surface area contributed by atoms with Crippen molar-refractivity contribution in [1.82, 2.24) is 24.3 Å². The molecule has 0 spiro atoms. The maximum Gasteiger partial charge on any atom is 0.264 e. The number of carbonyl (C=O) groups is 1. The topological polar surface area (TPSA) is 80.6 Å². The summed E-state index contributed by atoms with van der Waals surface area (Å²) < 4.78 is 7.56. The van der Waals surface area contributed by atoms with E-state index < -0.39 is 0 Å². The van der Waals surface area contributed by atoms with E-state index in [2.05, 4.69) is 14.9 Å². The number of nitrogens with zero attached hydrogens (tertiary/aromatic N) is 5. The first-order valence-corrected chi connectivity index (χ1v) is 11.1. The molecular formula is C23H31N5O3. The molecule has 2 saturated heterocycles. The maximum absolute atomic E-state index is 13.4. The van der Waals surface area contributed by atoms with Crippen LogP contribution in [-0.4, -0.2) is 75.7 Å². The largest absolute Gasteiger partial charge is 0.375 e. The fourth-order valence-electron chi connectivity index (χ4n) is 4.33. The minimum absolute atomic E-state index is 0.0152. The number of ether oxygens (including phenoxy) is 1. The molecule has 1 unspecified atom stereocenters. The summed E-state index contributed by atoms with van der Waals surface area (Å²) >= 11 is 0. The zero-order valence-electron chi connectivity index (χ0n) is 18.4. The average molecular weight is 426 g/mol. The number of aromatic nitrogens is 3. The summed E-state index contributed by atoms with van der Waals surface area (Å²) in [6, 6.07) is 1.83. The minimum atomic E-state index is -0.284. The Morgan fingerprint density at radius 3 is 2.68 bits per heavy atom. The molecule has 0 radical (unpaired) electrons. The molecule has 166 valence electrons. The van der Waals surface area contributed by atoms with Crippen molar-refractivity contribution in [1.29, 1.82) is 0 Å². The van der Waals surface area contributed by atoms with Crippen molar-refractivity contribution in [2.75, 3.05) is 39.3 Å². The third kappa shape index (κ3) is 5.19. The molecule has 2 aromatic rings. The highest BCUT2D eigenvalue weighted by atomic mass is 16.5. The van der Waals surface area contributed by atoms with Gasteiger partial charge in [0.05, 0.1) is 30.2 Å². The van der Waals surface area contributed by atoms with E-state index in [1.807, 2.05) is 19.9 Å². The summed E-state index contributed by atoms with van der Waals surface area (Å²) in [6.45, 7) is 8.78. The van der Waals surface area contributed by atoms with Crippen LogP contribution in [0.25, 0.3) is 0 Å². The van der Waals surface area contributed by atoms with Crippen molar-refractivity contribution in [3.8, 4) is 0 Å². The van der Waals surface area contributed by atoms with Crippen LogP contribution >= 0.6 is 0 Å². The summed E-state index contributed by atoms with van der Waals surface area (Å²) in [5, 5.41) is 0. The van der Waals surface area contributed by atoms with Crippen molar-refractivity contribution in [2.45, 2.75) is 45.8 Å². The van der Waals surface area contributed by atoms with Gasteiger partial charge in [0.25, 0.3) is 11.5 Å². The number of hydrogen-bond acceptors (Lipinski definition) is 6. The molecular weight excluding hydrogens is 394 g/mol. The van der Waals surface area contributed by atoms with Gasteiger partial charge in [0, 0.05) is 38.6 Å². The molecule has 0 N–H and O–H groups in total. The second-order valence-electron chi connectivity index (χ2n) is 8.56. The van der Waals surface area contributed by atoms with Gasteiger partial charge in [0.1, 0.15) is 5.56 Å². The van der Waals surface area contributed by atoms with Gasteiger partial charge < -0.3 is 19.1 Å². The average Bonchev–Trinajstić information content (AvgIpc) is 3.15. The number of aryl methyl sites for hydroxylation is 2. The highest BCUT2D eigenvalue weighted by Crippen LogP contribution is 2.15. The monoisotopic (exact) mass is 425 g/mol. The Labute approximate surface area is 182 Å². The molecule has 0 aliphatic carbocycles. The van der Waals surface area contributed by atoms with Gasteiger partial charge in [-0.1, -0.05) is 0 Å². The Balaban J connectivity index is 1.53. The number of amides is 1. The first kappa shape index (κ1) is 21.6. The molecule has 1 atom stereocenters. The Hall–Kier alpha value is -2.58. The van der Waals surface area contributed by atoms with Crippen LogP contribution in [0.15, 0.2) is 29.5 Å². The lowest BCUT2D eigenvalue weighted by molar-refractivity contribution is 0.0297. The summed E-state index contributed by atoms with van der Waals surface area (Å²) in [5.74, 6) is -0.205. The van der Waals surface area contributed by atoms with Gasteiger partial charge in [-0.25, -0.2) is 0 Å². The molecule has 1 amide bonds. The van der Waals surface area contributed by atoms with E-state index in [-0.39, 0.29) is 29.7 Å². The van der Waals surface area contributed by atoms with E-state index in [1.165, 1.54) is 17.4 Å². The molecule has 2 fully saturated rings.